The molecule has 4 heteroatoms. The molecule has 94 valence electrons. The largest absolute Gasteiger partial charge is 0.496 e. The zero-order chi connectivity index (χ0) is 12.4. The molecule has 2 rings (SSSR count). The highest BCUT2D eigenvalue weighted by molar-refractivity contribution is 9.10. The molecule has 2 N–H and O–H groups in total. The predicted octanol–water partition coefficient (Wildman–Crippen LogP) is 3.19. The molecule has 0 fully saturated rings. The molecule has 0 amide bonds. The first-order chi connectivity index (χ1) is 8.19. The summed E-state index contributed by atoms with van der Waals surface area (Å²) in [4.78, 5) is 0. The van der Waals surface area contributed by atoms with E-state index in [1.54, 1.807) is 14.2 Å². The first kappa shape index (κ1) is 12.7. The monoisotopic (exact) mass is 299 g/mol. The number of hydrogen-bond donors (Lipinski definition) is 1. The maximum Gasteiger partial charge on any atom is 0.138 e. The van der Waals surface area contributed by atoms with E-state index in [0.717, 1.165) is 47.2 Å². The molecular weight excluding hydrogens is 282 g/mol. The number of ether oxygens (including phenoxy) is 2. The average molecular weight is 300 g/mol. The van der Waals surface area contributed by atoms with E-state index in [2.05, 4.69) is 15.9 Å². The third-order valence-electron chi connectivity index (χ3n) is 3.33. The molecule has 0 saturated carbocycles. The minimum atomic E-state index is 0.0360. The summed E-state index contributed by atoms with van der Waals surface area (Å²) in [5, 5.41) is 0. The number of rotatable bonds is 2. The van der Waals surface area contributed by atoms with E-state index >= 15 is 0 Å². The fourth-order valence-electron chi connectivity index (χ4n) is 2.52. The van der Waals surface area contributed by atoms with Crippen molar-refractivity contribution in [1.82, 2.24) is 0 Å². The summed E-state index contributed by atoms with van der Waals surface area (Å²) in [6.45, 7) is 0. The van der Waals surface area contributed by atoms with E-state index in [9.17, 15) is 0 Å². The maximum atomic E-state index is 6.26. The van der Waals surface area contributed by atoms with Crippen LogP contribution in [-0.4, -0.2) is 14.2 Å². The molecule has 0 spiro atoms. The van der Waals surface area contributed by atoms with Gasteiger partial charge in [0.05, 0.1) is 18.7 Å². The average Bonchev–Trinajstić information content (AvgIpc) is 2.51. The Morgan fingerprint density at radius 3 is 2.71 bits per heavy atom. The Morgan fingerprint density at radius 2 is 2.06 bits per heavy atom. The molecule has 0 bridgehead atoms. The summed E-state index contributed by atoms with van der Waals surface area (Å²) in [5.41, 5.74) is 8.57. The van der Waals surface area contributed by atoms with Gasteiger partial charge in [0, 0.05) is 17.2 Å². The van der Waals surface area contributed by atoms with Gasteiger partial charge in [-0.25, -0.2) is 0 Å². The molecule has 0 aromatic heterocycles. The number of benzene rings is 1. The van der Waals surface area contributed by atoms with Crippen LogP contribution >= 0.6 is 15.9 Å². The molecule has 3 nitrogen and oxygen atoms in total. The topological polar surface area (TPSA) is 44.5 Å². The zero-order valence-electron chi connectivity index (χ0n) is 10.3. The summed E-state index contributed by atoms with van der Waals surface area (Å²) >= 11 is 3.52. The van der Waals surface area contributed by atoms with Gasteiger partial charge in [0.15, 0.2) is 0 Å². The van der Waals surface area contributed by atoms with E-state index in [4.69, 9.17) is 15.2 Å². The fourth-order valence-corrected chi connectivity index (χ4v) is 3.10. The van der Waals surface area contributed by atoms with Gasteiger partial charge in [-0.15, -0.1) is 0 Å². The van der Waals surface area contributed by atoms with Gasteiger partial charge in [-0.2, -0.15) is 0 Å². The van der Waals surface area contributed by atoms with Crippen molar-refractivity contribution in [3.8, 4) is 11.5 Å². The van der Waals surface area contributed by atoms with Gasteiger partial charge in [0.1, 0.15) is 11.5 Å². The van der Waals surface area contributed by atoms with Crippen LogP contribution in [0.15, 0.2) is 10.5 Å². The quantitative estimate of drug-likeness (QED) is 0.853. The van der Waals surface area contributed by atoms with Crippen molar-refractivity contribution in [2.75, 3.05) is 14.2 Å². The third kappa shape index (κ3) is 2.29. The van der Waals surface area contributed by atoms with Crippen molar-refractivity contribution in [3.63, 3.8) is 0 Å². The minimum absolute atomic E-state index is 0.0360. The van der Waals surface area contributed by atoms with Gasteiger partial charge in [0.25, 0.3) is 0 Å². The van der Waals surface area contributed by atoms with E-state index in [-0.39, 0.29) is 6.04 Å². The third-order valence-corrected chi connectivity index (χ3v) is 3.92. The highest BCUT2D eigenvalue weighted by Crippen LogP contribution is 2.43. The van der Waals surface area contributed by atoms with Crippen molar-refractivity contribution >= 4 is 15.9 Å². The number of fused-ring (bicyclic) bond motifs is 1. The van der Waals surface area contributed by atoms with Crippen LogP contribution in [0.4, 0.5) is 0 Å². The van der Waals surface area contributed by atoms with Gasteiger partial charge < -0.3 is 15.2 Å². The van der Waals surface area contributed by atoms with Gasteiger partial charge >= 0.3 is 0 Å². The van der Waals surface area contributed by atoms with Crippen molar-refractivity contribution in [3.05, 3.63) is 21.7 Å². The molecular formula is C13H18BrNO2. The Labute approximate surface area is 110 Å². The normalized spacial score (nSPS) is 19.4. The Hall–Kier alpha value is -0.740. The first-order valence-electron chi connectivity index (χ1n) is 5.87. The Balaban J connectivity index is 2.65. The Kier molecular flexibility index (Phi) is 3.94. The van der Waals surface area contributed by atoms with Crippen molar-refractivity contribution < 1.29 is 9.47 Å². The second-order valence-corrected chi connectivity index (χ2v) is 5.19. The summed E-state index contributed by atoms with van der Waals surface area (Å²) in [6.07, 6.45) is 4.32. The summed E-state index contributed by atoms with van der Waals surface area (Å²) in [7, 11) is 3.38. The molecule has 1 aliphatic rings. The second kappa shape index (κ2) is 5.27. The SMILES string of the molecule is COc1cc(Br)c(OC)c2c1CCCCC2N. The van der Waals surface area contributed by atoms with Crippen LogP contribution in [0.3, 0.4) is 0 Å². The van der Waals surface area contributed by atoms with E-state index < -0.39 is 0 Å². The lowest BCUT2D eigenvalue weighted by Gasteiger charge is -2.20. The first-order valence-corrected chi connectivity index (χ1v) is 6.67. The maximum absolute atomic E-state index is 6.26. The lowest BCUT2D eigenvalue weighted by molar-refractivity contribution is 0.389. The van der Waals surface area contributed by atoms with E-state index in [1.165, 1.54) is 5.56 Å². The van der Waals surface area contributed by atoms with Gasteiger partial charge in [-0.05, 0) is 41.3 Å². The zero-order valence-corrected chi connectivity index (χ0v) is 11.8. The van der Waals surface area contributed by atoms with Gasteiger partial charge in [0.2, 0.25) is 0 Å². The molecule has 1 unspecified atom stereocenters. The molecule has 1 aromatic rings. The van der Waals surface area contributed by atoms with Crippen LogP contribution in [0.2, 0.25) is 0 Å². The van der Waals surface area contributed by atoms with Crippen LogP contribution in [-0.2, 0) is 6.42 Å². The summed E-state index contributed by atoms with van der Waals surface area (Å²) in [5.74, 6) is 1.76. The molecule has 0 saturated heterocycles. The number of methoxy groups -OCH3 is 2. The molecule has 0 heterocycles. The van der Waals surface area contributed by atoms with Crippen LogP contribution in [0.1, 0.15) is 36.4 Å². The Bertz CT molecular complexity index is 420. The highest BCUT2D eigenvalue weighted by atomic mass is 79.9. The smallest absolute Gasteiger partial charge is 0.138 e. The summed E-state index contributed by atoms with van der Waals surface area (Å²) in [6, 6.07) is 2.00. The number of hydrogen-bond acceptors (Lipinski definition) is 3. The fraction of sp³-hybridized carbons (Fsp3) is 0.538. The summed E-state index contributed by atoms with van der Waals surface area (Å²) < 4.78 is 11.9. The second-order valence-electron chi connectivity index (χ2n) is 4.34. The highest BCUT2D eigenvalue weighted by Gasteiger charge is 2.24. The van der Waals surface area contributed by atoms with Crippen LogP contribution in [0.5, 0.6) is 11.5 Å². The lowest BCUT2D eigenvalue weighted by Crippen LogP contribution is -2.13. The minimum Gasteiger partial charge on any atom is -0.496 e. The van der Waals surface area contributed by atoms with Crippen LogP contribution < -0.4 is 15.2 Å². The van der Waals surface area contributed by atoms with E-state index in [1.807, 2.05) is 6.07 Å². The molecule has 0 aliphatic heterocycles. The van der Waals surface area contributed by atoms with Crippen LogP contribution in [0, 0.1) is 0 Å². The molecule has 1 aliphatic carbocycles. The molecule has 0 radical (unpaired) electrons. The number of halogens is 1. The van der Waals surface area contributed by atoms with Gasteiger partial charge in [-0.3, -0.25) is 0 Å². The molecule has 1 aromatic carbocycles. The lowest BCUT2D eigenvalue weighted by atomic mass is 9.97. The van der Waals surface area contributed by atoms with E-state index in [0.29, 0.717) is 0 Å². The van der Waals surface area contributed by atoms with Gasteiger partial charge in [-0.1, -0.05) is 6.42 Å². The van der Waals surface area contributed by atoms with Crippen molar-refractivity contribution in [2.45, 2.75) is 31.7 Å². The number of nitrogens with two attached hydrogens (primary N) is 1. The van der Waals surface area contributed by atoms with Crippen molar-refractivity contribution in [2.24, 2.45) is 5.73 Å². The standard InChI is InChI=1S/C13H18BrNO2/c1-16-11-7-9(14)13(17-2)12-8(11)5-3-4-6-10(12)15/h7,10H,3-6,15H2,1-2H3. The predicted molar refractivity (Wildman–Crippen MR) is 71.7 cm³/mol. The molecule has 1 atom stereocenters. The Morgan fingerprint density at radius 1 is 1.29 bits per heavy atom. The van der Waals surface area contributed by atoms with Crippen molar-refractivity contribution in [1.29, 1.82) is 0 Å². The molecule has 17 heavy (non-hydrogen) atoms. The van der Waals surface area contributed by atoms with Crippen LogP contribution in [0.25, 0.3) is 0 Å².